The number of likely N-dealkylation sites (N-methyl/N-ethyl adjacent to an activating group) is 1. The second-order valence-corrected chi connectivity index (χ2v) is 7.58. The van der Waals surface area contributed by atoms with E-state index < -0.39 is 16.0 Å². The Labute approximate surface area is 142 Å². The molecule has 9 heteroatoms. The lowest BCUT2D eigenvalue weighted by Gasteiger charge is -2.17. The summed E-state index contributed by atoms with van der Waals surface area (Å²) in [6.07, 6.45) is 2.08. The number of hydrogen-bond acceptors (Lipinski definition) is 5. The minimum atomic E-state index is -3.88. The normalized spacial score (nSPS) is 12.9. The largest absolute Gasteiger partial charge is 0.461 e. The van der Waals surface area contributed by atoms with Gasteiger partial charge in [0.15, 0.2) is 0 Å². The molecule has 24 heavy (non-hydrogen) atoms. The highest BCUT2D eigenvalue weighted by molar-refractivity contribution is 7.89. The average molecular weight is 359 g/mol. The van der Waals surface area contributed by atoms with Gasteiger partial charge in [0.1, 0.15) is 10.6 Å². The molecule has 1 atom stereocenters. The van der Waals surface area contributed by atoms with Crippen molar-refractivity contribution in [1.82, 2.24) is 14.2 Å². The highest BCUT2D eigenvalue weighted by Gasteiger charge is 2.26. The highest BCUT2D eigenvalue weighted by Crippen LogP contribution is 2.18. The molecule has 0 saturated heterocycles. The smallest absolute Gasteiger partial charge is 0.354 e. The lowest BCUT2D eigenvalue weighted by molar-refractivity contribution is -0.121. The predicted octanol–water partition coefficient (Wildman–Crippen LogP) is 0.737. The highest BCUT2D eigenvalue weighted by atomic mass is 32.2. The number of nitrogens with zero attached hydrogens (tertiary/aromatic N) is 2. The van der Waals surface area contributed by atoms with Gasteiger partial charge in [-0.25, -0.2) is 13.2 Å². The number of carbonyl (C=O) groups excluding carboxylic acids is 2. The average Bonchev–Trinajstić information content (AvgIpc) is 2.89. The predicted molar refractivity (Wildman–Crippen MR) is 89.1 cm³/mol. The quantitative estimate of drug-likeness (QED) is 0.690. The van der Waals surface area contributed by atoms with E-state index in [1.165, 1.54) is 23.9 Å². The number of esters is 1. The van der Waals surface area contributed by atoms with E-state index in [4.69, 9.17) is 4.74 Å². The zero-order chi connectivity index (χ0) is 18.5. The van der Waals surface area contributed by atoms with Gasteiger partial charge in [-0.1, -0.05) is 6.92 Å². The Balaban J connectivity index is 2.93. The van der Waals surface area contributed by atoms with Crippen molar-refractivity contribution < 1.29 is 22.7 Å². The van der Waals surface area contributed by atoms with Gasteiger partial charge in [-0.2, -0.15) is 4.31 Å². The van der Waals surface area contributed by atoms with Gasteiger partial charge < -0.3 is 14.6 Å². The van der Waals surface area contributed by atoms with Gasteiger partial charge in [-0.3, -0.25) is 4.79 Å². The van der Waals surface area contributed by atoms with Gasteiger partial charge in [-0.05, 0) is 26.3 Å². The molecule has 1 aromatic rings. The third kappa shape index (κ3) is 4.81. The van der Waals surface area contributed by atoms with E-state index in [1.54, 1.807) is 14.0 Å². The molecule has 0 bridgehead atoms. The number of hydrogen-bond donors (Lipinski definition) is 1. The van der Waals surface area contributed by atoms with Crippen molar-refractivity contribution in [2.75, 3.05) is 20.2 Å². The molecule has 1 heterocycles. The number of rotatable bonds is 8. The molecule has 0 spiro atoms. The fourth-order valence-corrected chi connectivity index (χ4v) is 3.17. The fourth-order valence-electron chi connectivity index (χ4n) is 1.97. The summed E-state index contributed by atoms with van der Waals surface area (Å²) in [4.78, 5) is 23.6. The van der Waals surface area contributed by atoms with E-state index in [-0.39, 0.29) is 35.7 Å². The maximum Gasteiger partial charge on any atom is 0.354 e. The molecule has 0 aliphatic carbocycles. The molecular formula is C15H25N3O5S. The molecule has 1 rings (SSSR count). The molecule has 1 aromatic heterocycles. The summed E-state index contributed by atoms with van der Waals surface area (Å²) in [7, 11) is -1.00. The second-order valence-electron chi connectivity index (χ2n) is 5.53. The van der Waals surface area contributed by atoms with Crippen LogP contribution in [0.1, 0.15) is 37.7 Å². The number of aryl methyl sites for hydroxylation is 1. The Morgan fingerprint density at radius 3 is 2.54 bits per heavy atom. The number of nitrogens with one attached hydrogen (secondary N) is 1. The van der Waals surface area contributed by atoms with Gasteiger partial charge in [0.25, 0.3) is 0 Å². The van der Waals surface area contributed by atoms with Crippen LogP contribution in [0.5, 0.6) is 0 Å². The third-order valence-electron chi connectivity index (χ3n) is 3.56. The van der Waals surface area contributed by atoms with E-state index in [0.29, 0.717) is 0 Å². The lowest BCUT2D eigenvalue weighted by Crippen LogP contribution is -2.41. The fraction of sp³-hybridized carbons (Fsp3) is 0.600. The monoisotopic (exact) mass is 359 g/mol. The molecule has 1 N–H and O–H groups in total. The summed E-state index contributed by atoms with van der Waals surface area (Å²) in [6, 6.07) is 1.22. The van der Waals surface area contributed by atoms with Crippen molar-refractivity contribution >= 4 is 21.9 Å². The van der Waals surface area contributed by atoms with Crippen LogP contribution in [-0.4, -0.2) is 55.4 Å². The van der Waals surface area contributed by atoms with Crippen LogP contribution in [0, 0.1) is 0 Å². The van der Waals surface area contributed by atoms with Crippen molar-refractivity contribution in [3.05, 3.63) is 18.0 Å². The van der Waals surface area contributed by atoms with Crippen molar-refractivity contribution in [2.45, 2.75) is 38.1 Å². The van der Waals surface area contributed by atoms with Crippen molar-refractivity contribution in [3.63, 3.8) is 0 Å². The zero-order valence-electron chi connectivity index (χ0n) is 14.7. The number of sulfonamides is 1. The molecule has 0 aliphatic heterocycles. The SMILES string of the molecule is CCOC(=O)c1cc(S(=O)(=O)N(C)CC(=O)NC(C)CC)cn1C. The summed E-state index contributed by atoms with van der Waals surface area (Å²) in [6.45, 7) is 5.34. The first-order valence-corrected chi connectivity index (χ1v) is 9.16. The number of aromatic nitrogens is 1. The van der Waals surface area contributed by atoms with Crippen LogP contribution in [0.15, 0.2) is 17.2 Å². The Bertz CT molecular complexity index is 696. The van der Waals surface area contributed by atoms with E-state index in [2.05, 4.69) is 5.32 Å². The Morgan fingerprint density at radius 1 is 1.38 bits per heavy atom. The maximum absolute atomic E-state index is 12.5. The van der Waals surface area contributed by atoms with Crippen LogP contribution in [0.25, 0.3) is 0 Å². The number of ether oxygens (including phenoxy) is 1. The minimum absolute atomic E-state index is 0.0271. The van der Waals surface area contributed by atoms with Gasteiger partial charge in [0.2, 0.25) is 15.9 Å². The summed E-state index contributed by atoms with van der Waals surface area (Å²) < 4.78 is 32.3. The lowest BCUT2D eigenvalue weighted by atomic mass is 10.2. The first-order valence-electron chi connectivity index (χ1n) is 7.72. The molecule has 8 nitrogen and oxygen atoms in total. The van der Waals surface area contributed by atoms with Crippen LogP contribution >= 0.6 is 0 Å². The molecule has 0 aromatic carbocycles. The first-order chi connectivity index (χ1) is 11.1. The summed E-state index contributed by atoms with van der Waals surface area (Å²) in [5.41, 5.74) is 0.132. The molecule has 0 radical (unpaired) electrons. The summed E-state index contributed by atoms with van der Waals surface area (Å²) in [5, 5.41) is 2.71. The first kappa shape index (κ1) is 20.2. The number of amides is 1. The number of carbonyl (C=O) groups is 2. The van der Waals surface area contributed by atoms with Crippen LogP contribution < -0.4 is 5.32 Å². The molecule has 136 valence electrons. The van der Waals surface area contributed by atoms with Crippen LogP contribution in [0.4, 0.5) is 0 Å². The molecular weight excluding hydrogens is 334 g/mol. The Kier molecular flexibility index (Phi) is 6.97. The van der Waals surface area contributed by atoms with Crippen molar-refractivity contribution in [3.8, 4) is 0 Å². The van der Waals surface area contributed by atoms with Crippen LogP contribution in [-0.2, 0) is 26.6 Å². The van der Waals surface area contributed by atoms with Gasteiger partial charge in [0.05, 0.1) is 13.2 Å². The Morgan fingerprint density at radius 2 is 2.00 bits per heavy atom. The topological polar surface area (TPSA) is 97.7 Å². The maximum atomic E-state index is 12.5. The van der Waals surface area contributed by atoms with Gasteiger partial charge >= 0.3 is 5.97 Å². The molecule has 1 amide bonds. The summed E-state index contributed by atoms with van der Waals surface area (Å²) in [5.74, 6) is -0.976. The van der Waals surface area contributed by atoms with E-state index in [1.807, 2.05) is 13.8 Å². The summed E-state index contributed by atoms with van der Waals surface area (Å²) >= 11 is 0. The minimum Gasteiger partial charge on any atom is -0.461 e. The van der Waals surface area contributed by atoms with Gasteiger partial charge in [-0.15, -0.1) is 0 Å². The second kappa shape index (κ2) is 8.29. The van der Waals surface area contributed by atoms with E-state index in [0.717, 1.165) is 10.7 Å². The molecule has 1 unspecified atom stereocenters. The van der Waals surface area contributed by atoms with Gasteiger partial charge in [0, 0.05) is 26.3 Å². The molecule has 0 aliphatic rings. The standard InChI is InChI=1S/C15H25N3O5S/c1-6-11(3)16-14(19)10-18(5)24(21,22)12-8-13(17(4)9-12)15(20)23-7-2/h8-9,11H,6-7,10H2,1-5H3,(H,16,19). The van der Waals surface area contributed by atoms with Crippen molar-refractivity contribution in [2.24, 2.45) is 7.05 Å². The van der Waals surface area contributed by atoms with Crippen LogP contribution in [0.3, 0.4) is 0 Å². The molecule has 0 saturated carbocycles. The van der Waals surface area contributed by atoms with Crippen LogP contribution in [0.2, 0.25) is 0 Å². The third-order valence-corrected chi connectivity index (χ3v) is 5.33. The molecule has 0 fully saturated rings. The van der Waals surface area contributed by atoms with E-state index >= 15 is 0 Å². The van der Waals surface area contributed by atoms with E-state index in [9.17, 15) is 18.0 Å². The van der Waals surface area contributed by atoms with Crippen molar-refractivity contribution in [1.29, 1.82) is 0 Å². The Hall–Kier alpha value is -1.87. The zero-order valence-corrected chi connectivity index (χ0v) is 15.5.